The van der Waals surface area contributed by atoms with Crippen LogP contribution in [0.4, 0.5) is 5.69 Å². The first-order valence-corrected chi connectivity index (χ1v) is 10.2. The van der Waals surface area contributed by atoms with Crippen LogP contribution in [-0.2, 0) is 6.54 Å². The van der Waals surface area contributed by atoms with E-state index in [0.717, 1.165) is 60.9 Å². The molecule has 0 spiro atoms. The number of aromatic nitrogens is 2. The first kappa shape index (κ1) is 19.0. The van der Waals surface area contributed by atoms with Crippen molar-refractivity contribution in [2.75, 3.05) is 37.6 Å². The number of aryl methyl sites for hydroxylation is 2. The van der Waals surface area contributed by atoms with Gasteiger partial charge in [-0.2, -0.15) is 0 Å². The summed E-state index contributed by atoms with van der Waals surface area (Å²) in [7, 11) is 0. The maximum atomic E-state index is 12.6. The Morgan fingerprint density at radius 3 is 2.46 bits per heavy atom. The van der Waals surface area contributed by atoms with E-state index in [1.54, 1.807) is 6.92 Å². The summed E-state index contributed by atoms with van der Waals surface area (Å²) in [6, 6.07) is 15.9. The fraction of sp³-hybridized carbons (Fsp3) is 0.364. The number of hydrogen-bond donors (Lipinski definition) is 0. The zero-order valence-electron chi connectivity index (χ0n) is 16.1. The normalized spacial score (nSPS) is 15.3. The van der Waals surface area contributed by atoms with Gasteiger partial charge in [0.25, 0.3) is 5.56 Å². The van der Waals surface area contributed by atoms with Crippen LogP contribution in [0.1, 0.15) is 12.1 Å². The maximum absolute atomic E-state index is 12.6. The quantitative estimate of drug-likeness (QED) is 0.661. The molecule has 0 radical (unpaired) electrons. The molecule has 28 heavy (non-hydrogen) atoms. The van der Waals surface area contributed by atoms with Crippen LogP contribution in [0, 0.1) is 6.92 Å². The van der Waals surface area contributed by atoms with Gasteiger partial charge in [0, 0.05) is 32.7 Å². The smallest absolute Gasteiger partial charge is 0.272 e. The van der Waals surface area contributed by atoms with E-state index in [0.29, 0.717) is 12.2 Å². The highest BCUT2D eigenvalue weighted by Gasteiger charge is 2.18. The van der Waals surface area contributed by atoms with Gasteiger partial charge in [-0.1, -0.05) is 35.9 Å². The molecule has 0 unspecified atom stereocenters. The Morgan fingerprint density at radius 1 is 0.964 bits per heavy atom. The largest absolute Gasteiger partial charge is 0.368 e. The van der Waals surface area contributed by atoms with Crippen LogP contribution in [-0.4, -0.2) is 47.2 Å². The summed E-state index contributed by atoms with van der Waals surface area (Å²) in [5.74, 6) is 0. The number of fused-ring (bicyclic) bond motifs is 1. The van der Waals surface area contributed by atoms with E-state index in [4.69, 9.17) is 11.6 Å². The first-order chi connectivity index (χ1) is 13.6. The summed E-state index contributed by atoms with van der Waals surface area (Å²) >= 11 is 6.33. The number of nitrogens with zero attached hydrogens (tertiary/aromatic N) is 4. The highest BCUT2D eigenvalue weighted by molar-refractivity contribution is 6.33. The van der Waals surface area contributed by atoms with Crippen LogP contribution in [0.5, 0.6) is 0 Å². The second-order valence-electron chi connectivity index (χ2n) is 7.28. The molecular weight excluding hydrogens is 372 g/mol. The summed E-state index contributed by atoms with van der Waals surface area (Å²) in [4.78, 5) is 21.8. The van der Waals surface area contributed by atoms with Gasteiger partial charge in [0.1, 0.15) is 5.69 Å². The van der Waals surface area contributed by atoms with Crippen molar-refractivity contribution in [1.82, 2.24) is 14.5 Å². The van der Waals surface area contributed by atoms with E-state index in [-0.39, 0.29) is 5.56 Å². The van der Waals surface area contributed by atoms with Gasteiger partial charge in [0.2, 0.25) is 0 Å². The Bertz CT molecular complexity index is 1020. The van der Waals surface area contributed by atoms with Gasteiger partial charge >= 0.3 is 0 Å². The summed E-state index contributed by atoms with van der Waals surface area (Å²) in [5, 5.41) is 0.815. The predicted octanol–water partition coefficient (Wildman–Crippen LogP) is 3.57. The molecule has 1 aromatic heterocycles. The van der Waals surface area contributed by atoms with Gasteiger partial charge in [0.15, 0.2) is 0 Å². The molecule has 0 amide bonds. The fourth-order valence-electron chi connectivity index (χ4n) is 3.92. The minimum atomic E-state index is 0.0160. The second-order valence-corrected chi connectivity index (χ2v) is 7.68. The fourth-order valence-corrected chi connectivity index (χ4v) is 4.17. The molecule has 6 heteroatoms. The Balaban J connectivity index is 1.36. The third-order valence-corrected chi connectivity index (χ3v) is 5.76. The lowest BCUT2D eigenvalue weighted by atomic mass is 10.2. The van der Waals surface area contributed by atoms with Crippen LogP contribution in [0.15, 0.2) is 53.3 Å². The average molecular weight is 397 g/mol. The van der Waals surface area contributed by atoms with Crippen LogP contribution in [0.2, 0.25) is 5.02 Å². The minimum Gasteiger partial charge on any atom is -0.368 e. The van der Waals surface area contributed by atoms with Crippen molar-refractivity contribution < 1.29 is 0 Å². The van der Waals surface area contributed by atoms with Gasteiger partial charge in [-0.25, -0.2) is 4.98 Å². The molecular formula is C22H25ClN4O. The monoisotopic (exact) mass is 396 g/mol. The molecule has 0 aliphatic carbocycles. The van der Waals surface area contributed by atoms with Gasteiger partial charge in [0.05, 0.1) is 21.7 Å². The Labute approximate surface area is 170 Å². The standard InChI is InChI=1S/C22H25ClN4O/c1-17-22(28)27(21-10-5-3-8-19(21)24-17)12-6-11-25-13-15-26(16-14-25)20-9-4-2-7-18(20)23/h2-5,7-10H,6,11-16H2,1H3. The molecule has 4 rings (SSSR count). The van der Waals surface area contributed by atoms with Crippen molar-refractivity contribution >= 4 is 28.3 Å². The third-order valence-electron chi connectivity index (χ3n) is 5.44. The van der Waals surface area contributed by atoms with Gasteiger partial charge in [-0.3, -0.25) is 9.69 Å². The summed E-state index contributed by atoms with van der Waals surface area (Å²) in [5.41, 5.74) is 3.50. The highest BCUT2D eigenvalue weighted by Crippen LogP contribution is 2.26. The molecule has 1 aliphatic heterocycles. The van der Waals surface area contributed by atoms with Gasteiger partial charge < -0.3 is 9.47 Å². The van der Waals surface area contributed by atoms with E-state index in [1.807, 2.05) is 47.0 Å². The van der Waals surface area contributed by atoms with Crippen molar-refractivity contribution in [3.8, 4) is 0 Å². The Kier molecular flexibility index (Phi) is 5.64. The molecule has 0 bridgehead atoms. The number of rotatable bonds is 5. The maximum Gasteiger partial charge on any atom is 0.272 e. The van der Waals surface area contributed by atoms with Crippen LogP contribution < -0.4 is 10.5 Å². The number of halogens is 1. The first-order valence-electron chi connectivity index (χ1n) is 9.81. The molecule has 0 atom stereocenters. The number of piperazine rings is 1. The van der Waals surface area contributed by atoms with Gasteiger partial charge in [-0.15, -0.1) is 0 Å². The predicted molar refractivity (Wildman–Crippen MR) is 115 cm³/mol. The lowest BCUT2D eigenvalue weighted by molar-refractivity contribution is 0.250. The van der Waals surface area contributed by atoms with E-state index < -0.39 is 0 Å². The molecule has 3 aromatic rings. The summed E-state index contributed by atoms with van der Waals surface area (Å²) in [6.07, 6.45) is 0.944. The Hall–Kier alpha value is -2.37. The van der Waals surface area contributed by atoms with E-state index in [2.05, 4.69) is 20.9 Å². The molecule has 5 nitrogen and oxygen atoms in total. The molecule has 0 saturated carbocycles. The number of anilines is 1. The molecule has 0 N–H and O–H groups in total. The SMILES string of the molecule is Cc1nc2ccccc2n(CCCN2CCN(c3ccccc3Cl)CC2)c1=O. The number of para-hydroxylation sites is 3. The lowest BCUT2D eigenvalue weighted by Gasteiger charge is -2.36. The Morgan fingerprint density at radius 2 is 1.68 bits per heavy atom. The highest BCUT2D eigenvalue weighted by atomic mass is 35.5. The molecule has 1 saturated heterocycles. The zero-order chi connectivity index (χ0) is 19.5. The van der Waals surface area contributed by atoms with Crippen LogP contribution in [0.3, 0.4) is 0 Å². The second kappa shape index (κ2) is 8.33. The molecule has 146 valence electrons. The molecule has 2 aromatic carbocycles. The van der Waals surface area contributed by atoms with E-state index in [9.17, 15) is 4.79 Å². The average Bonchev–Trinajstić information content (AvgIpc) is 2.72. The topological polar surface area (TPSA) is 41.4 Å². The molecule has 1 fully saturated rings. The summed E-state index contributed by atoms with van der Waals surface area (Å²) in [6.45, 7) is 7.46. The lowest BCUT2D eigenvalue weighted by Crippen LogP contribution is -2.47. The molecule has 1 aliphatic rings. The third kappa shape index (κ3) is 3.91. The van der Waals surface area contributed by atoms with Crippen molar-refractivity contribution in [1.29, 1.82) is 0 Å². The number of benzene rings is 2. The van der Waals surface area contributed by atoms with Gasteiger partial charge in [-0.05, 0) is 44.2 Å². The minimum absolute atomic E-state index is 0.0160. The van der Waals surface area contributed by atoms with Crippen molar-refractivity contribution in [2.24, 2.45) is 0 Å². The number of hydrogen-bond acceptors (Lipinski definition) is 4. The van der Waals surface area contributed by atoms with Crippen LogP contribution >= 0.6 is 11.6 Å². The zero-order valence-corrected chi connectivity index (χ0v) is 16.9. The van der Waals surface area contributed by atoms with Crippen molar-refractivity contribution in [3.63, 3.8) is 0 Å². The van der Waals surface area contributed by atoms with Crippen molar-refractivity contribution in [3.05, 3.63) is 69.6 Å². The van der Waals surface area contributed by atoms with E-state index >= 15 is 0 Å². The van der Waals surface area contributed by atoms with Crippen molar-refractivity contribution in [2.45, 2.75) is 19.9 Å². The van der Waals surface area contributed by atoms with Crippen LogP contribution in [0.25, 0.3) is 11.0 Å². The van der Waals surface area contributed by atoms with E-state index in [1.165, 1.54) is 0 Å². The summed E-state index contributed by atoms with van der Waals surface area (Å²) < 4.78 is 1.87. The molecule has 2 heterocycles.